The average molecular weight is 1320 g/mol. The van der Waals surface area contributed by atoms with Crippen LogP contribution >= 0.6 is 15.4 Å². The van der Waals surface area contributed by atoms with E-state index in [0.717, 1.165) is 148 Å². The van der Waals surface area contributed by atoms with Crippen molar-refractivity contribution in [1.29, 1.82) is 0 Å². The second kappa shape index (κ2) is 53.2. The zero-order valence-corrected chi connectivity index (χ0v) is 58.4. The van der Waals surface area contributed by atoms with Crippen LogP contribution in [-0.4, -0.2) is 156 Å². The number of phosphoric acid groups is 1. The highest BCUT2D eigenvalue weighted by molar-refractivity contribution is 7.51. The Bertz CT molecular complexity index is 1880. The summed E-state index contributed by atoms with van der Waals surface area (Å²) in [6, 6.07) is -1.29. The number of allylic oxidation sites excluding steroid dienone is 2. The number of carbonyl (C=O) groups is 1. The van der Waals surface area contributed by atoms with Crippen LogP contribution in [0, 0.1) is 0 Å². The zero-order valence-electron chi connectivity index (χ0n) is 58.6. The largest absolute Gasteiger partial charge is 0.470 e. The summed E-state index contributed by atoms with van der Waals surface area (Å²) in [5.41, 5.74) is -2.26. The molecule has 0 aliphatic carbocycles. The monoisotopic (exact) mass is 1320 g/mol. The summed E-state index contributed by atoms with van der Waals surface area (Å²) in [4.78, 5) is 54.8. The van der Waals surface area contributed by atoms with Crippen molar-refractivity contribution < 1.29 is 88.9 Å². The normalized spacial score (nSPS) is 24.9. The molecule has 3 unspecified atom stereocenters. The molecule has 0 bridgehead atoms. The van der Waals surface area contributed by atoms with E-state index in [1.807, 2.05) is 0 Å². The highest BCUT2D eigenvalue weighted by atomic mass is 31.2. The number of rotatable bonds is 61. The van der Waals surface area contributed by atoms with Gasteiger partial charge in [-0.25, -0.2) is 4.57 Å². The summed E-state index contributed by atoms with van der Waals surface area (Å²) in [6.07, 6.45) is 28.2. The molecule has 2 rings (SSSR count). The Morgan fingerprint density at radius 2 is 1.08 bits per heavy atom. The van der Waals surface area contributed by atoms with Crippen molar-refractivity contribution in [3.05, 3.63) is 12.2 Å². The maximum atomic E-state index is 14.2. The van der Waals surface area contributed by atoms with Crippen molar-refractivity contribution in [1.82, 2.24) is 5.32 Å². The van der Waals surface area contributed by atoms with Gasteiger partial charge in [0.05, 0.1) is 32.1 Å². The molecular weight excluding hydrogens is 1180 g/mol. The van der Waals surface area contributed by atoms with E-state index in [1.54, 1.807) is 7.11 Å². The second-order valence-electron chi connectivity index (χ2n) is 25.3. The number of amides is 1. The lowest BCUT2D eigenvalue weighted by Crippen LogP contribution is -2.69. The summed E-state index contributed by atoms with van der Waals surface area (Å²) < 4.78 is 98.7. The smallest absolute Gasteiger partial charge is 0.387 e. The lowest BCUT2D eigenvalue weighted by Gasteiger charge is -2.50. The molecule has 13 atom stereocenters. The fourth-order valence-corrected chi connectivity index (χ4v) is 12.9. The SMILES string of the molecule is [2H]C(CCCCCCCCCC)CO[C@H]1[C@H](O)[C@@H](CO[C@@H]2O[C@H](COC)[C@@H](OP(=O)(O)O)[C@H](OCC[C@@H](CCCCCCC)OC)[C@H]2NC(=O)CCCCCCCCC/C=C\CCCCCC)OC(OCCP(=O)(O)O)[C@@]1(O)CC([2H])CCCCCCCCCC. The molecule has 0 radical (unpaired) electrons. The van der Waals surface area contributed by atoms with E-state index < -0.39 is 114 Å². The van der Waals surface area contributed by atoms with E-state index in [0.29, 0.717) is 32.1 Å². The van der Waals surface area contributed by atoms with Gasteiger partial charge in [0.25, 0.3) is 0 Å². The lowest BCUT2D eigenvalue weighted by molar-refractivity contribution is -0.357. The summed E-state index contributed by atoms with van der Waals surface area (Å²) >= 11 is 0. The quantitative estimate of drug-likeness (QED) is 0.0169. The van der Waals surface area contributed by atoms with Gasteiger partial charge >= 0.3 is 15.4 Å². The fraction of sp³-hybridized carbons (Fsp3) is 0.956. The molecule has 528 valence electrons. The third-order valence-electron chi connectivity index (χ3n) is 17.3. The Kier molecular flexibility index (Phi) is 48.2. The molecule has 2 aliphatic heterocycles. The molecule has 19 nitrogen and oxygen atoms in total. The Balaban J connectivity index is 2.54. The van der Waals surface area contributed by atoms with Crippen LogP contribution in [-0.2, 0) is 56.3 Å². The molecule has 2 saturated heterocycles. The van der Waals surface area contributed by atoms with Gasteiger partial charge in [0, 0.05) is 36.6 Å². The van der Waals surface area contributed by atoms with E-state index >= 15 is 0 Å². The second-order valence-corrected chi connectivity index (χ2v) is 28.3. The van der Waals surface area contributed by atoms with Crippen LogP contribution in [0.4, 0.5) is 0 Å². The molecule has 0 aromatic heterocycles. The number of methoxy groups -OCH3 is 2. The highest BCUT2D eigenvalue weighted by Crippen LogP contribution is 2.44. The predicted octanol–water partition coefficient (Wildman–Crippen LogP) is 15.2. The van der Waals surface area contributed by atoms with Crippen molar-refractivity contribution in [2.75, 3.05) is 53.4 Å². The van der Waals surface area contributed by atoms with Crippen molar-refractivity contribution >= 4 is 21.3 Å². The Hall–Kier alpha value is -0.930. The zero-order chi connectivity index (χ0) is 67.0. The number of hydrogen-bond donors (Lipinski definition) is 7. The molecule has 2 fully saturated rings. The molecule has 0 aromatic rings. The van der Waals surface area contributed by atoms with Gasteiger partial charge in [0.2, 0.25) is 5.91 Å². The Labute approximate surface area is 543 Å². The van der Waals surface area contributed by atoms with Gasteiger partial charge in [0.15, 0.2) is 12.6 Å². The molecule has 2 aliphatic rings. The third-order valence-corrected chi connectivity index (χ3v) is 18.6. The number of phosphoric ester groups is 1. The van der Waals surface area contributed by atoms with Gasteiger partial charge in [0.1, 0.15) is 48.3 Å². The number of aliphatic hydroxyl groups is 2. The van der Waals surface area contributed by atoms with Crippen LogP contribution in [0.1, 0.15) is 300 Å². The van der Waals surface area contributed by atoms with Gasteiger partial charge in [-0.2, -0.15) is 0 Å². The number of aliphatic hydroxyl groups excluding tert-OH is 1. The molecule has 7 N–H and O–H groups in total. The van der Waals surface area contributed by atoms with Crippen LogP contribution in [0.2, 0.25) is 0 Å². The average Bonchev–Trinajstić information content (AvgIpc) is 0.775. The summed E-state index contributed by atoms with van der Waals surface area (Å²) in [6.45, 7) is 7.17. The van der Waals surface area contributed by atoms with Crippen LogP contribution in [0.5, 0.6) is 0 Å². The van der Waals surface area contributed by atoms with E-state index in [-0.39, 0.29) is 38.8 Å². The first-order valence-electron chi connectivity index (χ1n) is 36.7. The maximum Gasteiger partial charge on any atom is 0.470 e. The van der Waals surface area contributed by atoms with Gasteiger partial charge < -0.3 is 73.0 Å². The summed E-state index contributed by atoms with van der Waals surface area (Å²) in [5.74, 6) is -0.404. The summed E-state index contributed by atoms with van der Waals surface area (Å²) in [5, 5.41) is 28.5. The topological polar surface area (TPSA) is 268 Å². The van der Waals surface area contributed by atoms with E-state index in [1.165, 1.54) is 71.3 Å². The number of carbonyl (C=O) groups excluding carboxylic acids is 1. The van der Waals surface area contributed by atoms with Crippen LogP contribution in [0.15, 0.2) is 12.2 Å². The first kappa shape index (κ1) is 80.5. The predicted molar refractivity (Wildman–Crippen MR) is 354 cm³/mol. The number of hydrogen-bond acceptors (Lipinski definition) is 14. The van der Waals surface area contributed by atoms with Crippen LogP contribution in [0.25, 0.3) is 0 Å². The summed E-state index contributed by atoms with van der Waals surface area (Å²) in [7, 11) is -6.89. The van der Waals surface area contributed by atoms with Crippen molar-refractivity contribution in [3.63, 3.8) is 0 Å². The molecule has 89 heavy (non-hydrogen) atoms. The highest BCUT2D eigenvalue weighted by Gasteiger charge is 2.57. The standard InChI is InChI=1S/C68H133NO18P2/c1-7-11-15-19-22-25-28-29-30-31-32-33-36-40-44-48-60(70)69-61-64(81-52-49-57(80-6)47-43-39-18-14-10-4)63(87-89(76,77)78)59(55-79-5)85-66(61)84-56-58-62(71)65(82-51-46-42-38-35-27-24-21-17-13-9-3)68(72,67(86-58)83-53-54-88(73,74)75)50-45-41-37-34-26-23-20-16-12-8-2/h25,28,57-59,61-67,71-72H,7-24,26-27,29-56H2,1-6H3,(H,69,70)(H2,73,74,75)(H2,76,77,78)/b28-25-/t57-,58-,59-,61-,62-,63-,64-,65+,66-,67?,68-/m1/s1/i45D,46D/t45?,46?,57-,58-,59-,61-,62-,63-,64-,65+,66-,67?,68-. The minimum atomic E-state index is -5.26. The lowest BCUT2D eigenvalue weighted by atomic mass is 9.82. The van der Waals surface area contributed by atoms with Crippen LogP contribution in [0.3, 0.4) is 0 Å². The van der Waals surface area contributed by atoms with E-state index in [4.69, 9.17) is 43.8 Å². The fourth-order valence-electron chi connectivity index (χ4n) is 11.9. The molecule has 0 aromatic carbocycles. The van der Waals surface area contributed by atoms with Gasteiger partial charge in [-0.1, -0.05) is 245 Å². The molecule has 21 heteroatoms. The molecule has 2 heterocycles. The first-order valence-corrected chi connectivity index (χ1v) is 38.9. The van der Waals surface area contributed by atoms with E-state index in [2.05, 4.69) is 45.2 Å². The Morgan fingerprint density at radius 3 is 1.61 bits per heavy atom. The van der Waals surface area contributed by atoms with Gasteiger partial charge in [-0.05, 0) is 57.8 Å². The van der Waals surface area contributed by atoms with Crippen LogP contribution < -0.4 is 5.32 Å². The number of ether oxygens (including phenoxy) is 8. The molecule has 0 spiro atoms. The third kappa shape index (κ3) is 40.3. The van der Waals surface area contributed by atoms with E-state index in [9.17, 15) is 45.1 Å². The van der Waals surface area contributed by atoms with Crippen molar-refractivity contribution in [2.24, 2.45) is 0 Å². The van der Waals surface area contributed by atoms with Crippen molar-refractivity contribution in [2.45, 2.75) is 364 Å². The van der Waals surface area contributed by atoms with Gasteiger partial charge in [-0.3, -0.25) is 13.9 Å². The number of nitrogens with one attached hydrogen (secondary N) is 1. The minimum Gasteiger partial charge on any atom is -0.387 e. The number of unbranched alkanes of at least 4 members (excludes halogenated alkanes) is 29. The molecule has 1 amide bonds. The Morgan fingerprint density at radius 1 is 0.573 bits per heavy atom. The maximum absolute atomic E-state index is 14.2. The van der Waals surface area contributed by atoms with Gasteiger partial charge in [-0.15, -0.1) is 0 Å². The first-order chi connectivity index (χ1) is 43.8. The molecule has 0 saturated carbocycles. The minimum absolute atomic E-state index is 0.0229. The molecular formula is C68H133NO18P2. The van der Waals surface area contributed by atoms with Crippen molar-refractivity contribution in [3.8, 4) is 0 Å².